The molecule has 23 heavy (non-hydrogen) atoms. The van der Waals surface area contributed by atoms with Crippen LogP contribution in [0.15, 0.2) is 24.3 Å². The molecule has 2 amide bonds. The minimum atomic E-state index is -0.960. The number of nitrogens with one attached hydrogen (secondary N) is 2. The molecule has 0 radical (unpaired) electrons. The zero-order valence-electron chi connectivity index (χ0n) is 14.4. The van der Waals surface area contributed by atoms with Crippen LogP contribution in [0.4, 0.5) is 4.79 Å². The molecule has 0 saturated carbocycles. The van der Waals surface area contributed by atoms with Gasteiger partial charge in [0, 0.05) is 33.9 Å². The third-order valence-corrected chi connectivity index (χ3v) is 5.38. The summed E-state index contributed by atoms with van der Waals surface area (Å²) in [5.74, 6) is 0.714. The van der Waals surface area contributed by atoms with Crippen molar-refractivity contribution in [2.24, 2.45) is 0 Å². The second kappa shape index (κ2) is 8.91. The molecule has 130 valence electrons. The minimum absolute atomic E-state index is 0.0388. The van der Waals surface area contributed by atoms with Crippen molar-refractivity contribution >= 4 is 16.8 Å². The quantitative estimate of drug-likeness (QED) is 0.714. The summed E-state index contributed by atoms with van der Waals surface area (Å²) >= 11 is 0. The first-order valence-corrected chi connectivity index (χ1v) is 9.21. The molecule has 3 N–H and O–H groups in total. The van der Waals surface area contributed by atoms with Crippen LogP contribution in [-0.2, 0) is 17.2 Å². The number of phenolic OH excluding ortho intramolecular Hbond substituents is 1. The average Bonchev–Trinajstić information content (AvgIpc) is 2.45. The number of carbonyl (C=O) groups is 1. The highest BCUT2D eigenvalue weighted by atomic mass is 32.2. The number of aromatic hydroxyl groups is 1. The third-order valence-electron chi connectivity index (χ3n) is 3.44. The number of hydrogen-bond donors (Lipinski definition) is 3. The summed E-state index contributed by atoms with van der Waals surface area (Å²) in [4.78, 5) is 11.8. The first-order chi connectivity index (χ1) is 10.7. The number of urea groups is 1. The molecule has 0 unspecified atom stereocenters. The summed E-state index contributed by atoms with van der Waals surface area (Å²) in [5, 5.41) is 14.9. The van der Waals surface area contributed by atoms with Crippen molar-refractivity contribution in [1.29, 1.82) is 0 Å². The van der Waals surface area contributed by atoms with Gasteiger partial charge in [0.15, 0.2) is 0 Å². The number of amides is 2. The van der Waals surface area contributed by atoms with Gasteiger partial charge in [-0.15, -0.1) is 0 Å². The van der Waals surface area contributed by atoms with Gasteiger partial charge < -0.3 is 15.7 Å². The van der Waals surface area contributed by atoms with Crippen molar-refractivity contribution in [3.63, 3.8) is 0 Å². The molecule has 2 atom stereocenters. The molecular weight excluding hydrogens is 312 g/mol. The molecule has 1 aromatic rings. The molecule has 0 aromatic heterocycles. The van der Waals surface area contributed by atoms with Crippen molar-refractivity contribution in [3.8, 4) is 5.75 Å². The first-order valence-electron chi connectivity index (χ1n) is 7.89. The van der Waals surface area contributed by atoms with Gasteiger partial charge in [0.2, 0.25) is 0 Å². The van der Waals surface area contributed by atoms with E-state index in [2.05, 4.69) is 10.6 Å². The second-order valence-corrected chi connectivity index (χ2v) is 8.99. The number of benzene rings is 1. The zero-order chi connectivity index (χ0) is 17.5. The fourth-order valence-corrected chi connectivity index (χ4v) is 2.86. The monoisotopic (exact) mass is 340 g/mol. The summed E-state index contributed by atoms with van der Waals surface area (Å²) in [7, 11) is -0.960. The van der Waals surface area contributed by atoms with E-state index in [1.54, 1.807) is 12.1 Å². The number of aryl methyl sites for hydroxylation is 1. The number of carbonyl (C=O) groups excluding carboxylic acids is 1. The Morgan fingerprint density at radius 1 is 1.26 bits per heavy atom. The molecule has 0 aliphatic rings. The van der Waals surface area contributed by atoms with Crippen LogP contribution in [0.3, 0.4) is 0 Å². The predicted molar refractivity (Wildman–Crippen MR) is 95.2 cm³/mol. The summed E-state index contributed by atoms with van der Waals surface area (Å²) in [5.41, 5.74) is 1.12. The van der Waals surface area contributed by atoms with Gasteiger partial charge in [-0.2, -0.15) is 0 Å². The SMILES string of the molecule is C[C@H](CCc1ccc(O)cc1)NC(=O)NCC[S@@](=O)C(C)(C)C. The standard InChI is InChI=1S/C17H28N2O3S/c1-13(5-6-14-7-9-15(20)10-8-14)19-16(21)18-11-12-23(22)17(2,3)4/h7-10,13,20H,5-6,11-12H2,1-4H3,(H2,18,19,21)/t13-,23-/m1/s1. The highest BCUT2D eigenvalue weighted by Gasteiger charge is 2.19. The van der Waals surface area contributed by atoms with E-state index in [1.165, 1.54) is 0 Å². The second-order valence-electron chi connectivity index (χ2n) is 6.67. The number of hydrogen-bond acceptors (Lipinski definition) is 3. The summed E-state index contributed by atoms with van der Waals surface area (Å²) in [6.45, 7) is 8.13. The zero-order valence-corrected chi connectivity index (χ0v) is 15.2. The predicted octanol–water partition coefficient (Wildman–Crippen LogP) is 2.56. The van der Waals surface area contributed by atoms with E-state index < -0.39 is 10.8 Å². The smallest absolute Gasteiger partial charge is 0.315 e. The molecule has 0 spiro atoms. The van der Waals surface area contributed by atoms with Crippen LogP contribution in [-0.4, -0.2) is 38.4 Å². The number of phenols is 1. The van der Waals surface area contributed by atoms with Crippen LogP contribution >= 0.6 is 0 Å². The van der Waals surface area contributed by atoms with E-state index in [1.807, 2.05) is 39.8 Å². The van der Waals surface area contributed by atoms with Crippen molar-refractivity contribution in [2.45, 2.75) is 51.3 Å². The third kappa shape index (κ3) is 8.02. The Morgan fingerprint density at radius 2 is 1.87 bits per heavy atom. The molecule has 0 saturated heterocycles. The van der Waals surface area contributed by atoms with Crippen LogP contribution in [0.25, 0.3) is 0 Å². The van der Waals surface area contributed by atoms with E-state index in [0.717, 1.165) is 18.4 Å². The van der Waals surface area contributed by atoms with Gasteiger partial charge in [-0.05, 0) is 58.2 Å². The lowest BCUT2D eigenvalue weighted by Gasteiger charge is -2.18. The van der Waals surface area contributed by atoms with Gasteiger partial charge in [-0.25, -0.2) is 4.79 Å². The Balaban J connectivity index is 2.23. The van der Waals surface area contributed by atoms with Gasteiger partial charge >= 0.3 is 6.03 Å². The van der Waals surface area contributed by atoms with Crippen LogP contribution in [0, 0.1) is 0 Å². The summed E-state index contributed by atoms with van der Waals surface area (Å²) in [6.07, 6.45) is 1.64. The van der Waals surface area contributed by atoms with Gasteiger partial charge in [0.05, 0.1) is 0 Å². The fraction of sp³-hybridized carbons (Fsp3) is 0.588. The summed E-state index contributed by atoms with van der Waals surface area (Å²) < 4.78 is 11.6. The van der Waals surface area contributed by atoms with E-state index >= 15 is 0 Å². The lowest BCUT2D eigenvalue weighted by atomic mass is 10.1. The molecular formula is C17H28N2O3S. The van der Waals surface area contributed by atoms with Crippen molar-refractivity contribution in [2.75, 3.05) is 12.3 Å². The van der Waals surface area contributed by atoms with E-state index in [9.17, 15) is 14.1 Å². The Bertz CT molecular complexity index is 524. The van der Waals surface area contributed by atoms with Crippen molar-refractivity contribution in [1.82, 2.24) is 10.6 Å². The molecule has 0 aliphatic heterocycles. The van der Waals surface area contributed by atoms with E-state index in [4.69, 9.17) is 0 Å². The van der Waals surface area contributed by atoms with Crippen molar-refractivity contribution in [3.05, 3.63) is 29.8 Å². The lowest BCUT2D eigenvalue weighted by molar-refractivity contribution is 0.238. The Morgan fingerprint density at radius 3 is 2.43 bits per heavy atom. The maximum atomic E-state index is 11.9. The molecule has 6 heteroatoms. The van der Waals surface area contributed by atoms with E-state index in [0.29, 0.717) is 12.3 Å². The normalized spacial score (nSPS) is 14.1. The van der Waals surface area contributed by atoms with E-state index in [-0.39, 0.29) is 22.6 Å². The van der Waals surface area contributed by atoms with Crippen molar-refractivity contribution < 1.29 is 14.1 Å². The van der Waals surface area contributed by atoms with Crippen LogP contribution in [0.1, 0.15) is 39.7 Å². The fourth-order valence-electron chi connectivity index (χ4n) is 1.96. The molecule has 0 heterocycles. The molecule has 0 bridgehead atoms. The molecule has 1 rings (SSSR count). The molecule has 0 aliphatic carbocycles. The van der Waals surface area contributed by atoms with Crippen LogP contribution in [0.5, 0.6) is 5.75 Å². The largest absolute Gasteiger partial charge is 0.508 e. The molecule has 0 fully saturated rings. The average molecular weight is 340 g/mol. The number of rotatable bonds is 7. The summed E-state index contributed by atoms with van der Waals surface area (Å²) in [6, 6.07) is 6.89. The molecule has 5 nitrogen and oxygen atoms in total. The molecule has 1 aromatic carbocycles. The van der Waals surface area contributed by atoms with Crippen LogP contribution in [0.2, 0.25) is 0 Å². The van der Waals surface area contributed by atoms with Gasteiger partial charge in [0.25, 0.3) is 0 Å². The first kappa shape index (κ1) is 19.5. The maximum absolute atomic E-state index is 11.9. The Labute approximate surface area is 141 Å². The van der Waals surface area contributed by atoms with Gasteiger partial charge in [-0.3, -0.25) is 4.21 Å². The highest BCUT2D eigenvalue weighted by molar-refractivity contribution is 7.86. The lowest BCUT2D eigenvalue weighted by Crippen LogP contribution is -2.43. The Hall–Kier alpha value is -1.56. The maximum Gasteiger partial charge on any atom is 0.315 e. The van der Waals surface area contributed by atoms with Gasteiger partial charge in [0.1, 0.15) is 5.75 Å². The highest BCUT2D eigenvalue weighted by Crippen LogP contribution is 2.12. The van der Waals surface area contributed by atoms with Gasteiger partial charge in [-0.1, -0.05) is 12.1 Å². The van der Waals surface area contributed by atoms with Crippen LogP contribution < -0.4 is 10.6 Å². The minimum Gasteiger partial charge on any atom is -0.508 e. The Kier molecular flexibility index (Phi) is 7.55. The topological polar surface area (TPSA) is 78.4 Å².